The SMILES string of the molecule is N#Cc1ccc(C(F)(F)F)c(/C=C/C(=O)O)c1. The van der Waals surface area contributed by atoms with Gasteiger partial charge in [-0.3, -0.25) is 0 Å². The fourth-order valence-electron chi connectivity index (χ4n) is 1.19. The fraction of sp³-hybridized carbons (Fsp3) is 0.0909. The second-order valence-electron chi connectivity index (χ2n) is 3.08. The lowest BCUT2D eigenvalue weighted by atomic mass is 10.0. The van der Waals surface area contributed by atoms with Crippen molar-refractivity contribution in [3.05, 3.63) is 41.0 Å². The lowest BCUT2D eigenvalue weighted by molar-refractivity contribution is -0.138. The fourth-order valence-corrected chi connectivity index (χ4v) is 1.19. The summed E-state index contributed by atoms with van der Waals surface area (Å²) in [4.78, 5) is 10.3. The molecule has 0 fully saturated rings. The summed E-state index contributed by atoms with van der Waals surface area (Å²) in [6.07, 6.45) is -3.19. The lowest BCUT2D eigenvalue weighted by Gasteiger charge is -2.10. The van der Waals surface area contributed by atoms with Crippen molar-refractivity contribution in [3.8, 4) is 6.07 Å². The Bertz CT molecular complexity index is 512. The molecule has 1 rings (SSSR count). The number of halogens is 3. The zero-order valence-corrected chi connectivity index (χ0v) is 8.32. The van der Waals surface area contributed by atoms with Crippen LogP contribution in [0, 0.1) is 11.3 Å². The molecule has 0 heterocycles. The number of hydrogen-bond donors (Lipinski definition) is 1. The van der Waals surface area contributed by atoms with E-state index in [1.807, 2.05) is 0 Å². The molecule has 1 aromatic rings. The number of carboxylic acid groups (broad SMARTS) is 1. The van der Waals surface area contributed by atoms with Gasteiger partial charge in [0.15, 0.2) is 0 Å². The molecule has 0 aliphatic heterocycles. The van der Waals surface area contributed by atoms with E-state index in [-0.39, 0.29) is 11.1 Å². The minimum atomic E-state index is -4.59. The van der Waals surface area contributed by atoms with Crippen LogP contribution in [0.4, 0.5) is 13.2 Å². The number of benzene rings is 1. The number of hydrogen-bond acceptors (Lipinski definition) is 2. The van der Waals surface area contributed by atoms with E-state index in [9.17, 15) is 18.0 Å². The second kappa shape index (κ2) is 4.70. The van der Waals surface area contributed by atoms with Crippen LogP contribution >= 0.6 is 0 Å². The van der Waals surface area contributed by atoms with Gasteiger partial charge in [0.1, 0.15) is 0 Å². The summed E-state index contributed by atoms with van der Waals surface area (Å²) in [5, 5.41) is 16.9. The minimum Gasteiger partial charge on any atom is -0.478 e. The Labute approximate surface area is 94.4 Å². The number of carboxylic acids is 1. The van der Waals surface area contributed by atoms with Gasteiger partial charge in [-0.1, -0.05) is 0 Å². The van der Waals surface area contributed by atoms with E-state index >= 15 is 0 Å². The largest absolute Gasteiger partial charge is 0.478 e. The van der Waals surface area contributed by atoms with Crippen LogP contribution in [0.5, 0.6) is 0 Å². The molecule has 1 aromatic carbocycles. The molecule has 17 heavy (non-hydrogen) atoms. The van der Waals surface area contributed by atoms with Crippen LogP contribution in [0.25, 0.3) is 6.08 Å². The molecule has 0 unspecified atom stereocenters. The predicted octanol–water partition coefficient (Wildman–Crippen LogP) is 2.67. The van der Waals surface area contributed by atoms with Crippen LogP contribution in [-0.2, 0) is 11.0 Å². The van der Waals surface area contributed by atoms with Crippen molar-refractivity contribution in [1.29, 1.82) is 5.26 Å². The molecule has 0 amide bonds. The molecular formula is C11H6F3NO2. The van der Waals surface area contributed by atoms with Gasteiger partial charge in [0.25, 0.3) is 0 Å². The first-order chi connectivity index (χ1) is 7.84. The quantitative estimate of drug-likeness (QED) is 0.809. The maximum Gasteiger partial charge on any atom is 0.416 e. The normalized spacial score (nSPS) is 11.4. The molecule has 0 radical (unpaired) electrons. The Kier molecular flexibility index (Phi) is 3.53. The first-order valence-corrected chi connectivity index (χ1v) is 4.37. The Morgan fingerprint density at radius 2 is 2.06 bits per heavy atom. The number of nitriles is 1. The zero-order valence-electron chi connectivity index (χ0n) is 8.32. The van der Waals surface area contributed by atoms with E-state index in [1.165, 1.54) is 0 Å². The highest BCUT2D eigenvalue weighted by Gasteiger charge is 2.32. The minimum absolute atomic E-state index is 0.0306. The molecule has 3 nitrogen and oxygen atoms in total. The van der Waals surface area contributed by atoms with Crippen molar-refractivity contribution in [1.82, 2.24) is 0 Å². The zero-order chi connectivity index (χ0) is 13.1. The molecule has 1 N–H and O–H groups in total. The van der Waals surface area contributed by atoms with Crippen molar-refractivity contribution in [2.45, 2.75) is 6.18 Å². The average molecular weight is 241 g/mol. The van der Waals surface area contributed by atoms with E-state index < -0.39 is 17.7 Å². The molecule has 0 aliphatic rings. The van der Waals surface area contributed by atoms with E-state index in [2.05, 4.69) is 0 Å². The van der Waals surface area contributed by atoms with Crippen LogP contribution in [-0.4, -0.2) is 11.1 Å². The molecule has 0 bridgehead atoms. The third kappa shape index (κ3) is 3.34. The summed E-state index contributed by atoms with van der Waals surface area (Å²) in [5.41, 5.74) is -1.30. The molecule has 0 saturated carbocycles. The third-order valence-corrected chi connectivity index (χ3v) is 1.89. The summed E-state index contributed by atoms with van der Waals surface area (Å²) in [6.45, 7) is 0. The highest BCUT2D eigenvalue weighted by Crippen LogP contribution is 2.33. The Balaban J connectivity index is 3.32. The number of alkyl halides is 3. The van der Waals surface area contributed by atoms with Crippen LogP contribution in [0.15, 0.2) is 24.3 Å². The van der Waals surface area contributed by atoms with Gasteiger partial charge in [-0.15, -0.1) is 0 Å². The molecule has 0 spiro atoms. The summed E-state index contributed by atoms with van der Waals surface area (Å²) < 4.78 is 37.6. The lowest BCUT2D eigenvalue weighted by Crippen LogP contribution is -2.07. The summed E-state index contributed by atoms with van der Waals surface area (Å²) in [5.74, 6) is -1.36. The van der Waals surface area contributed by atoms with Crippen molar-refractivity contribution >= 4 is 12.0 Å². The summed E-state index contributed by atoms with van der Waals surface area (Å²) in [7, 11) is 0. The van der Waals surface area contributed by atoms with E-state index in [4.69, 9.17) is 10.4 Å². The van der Waals surface area contributed by atoms with Gasteiger partial charge in [-0.05, 0) is 29.8 Å². The van der Waals surface area contributed by atoms with Crippen LogP contribution in [0.3, 0.4) is 0 Å². The second-order valence-corrected chi connectivity index (χ2v) is 3.08. The molecule has 0 aromatic heterocycles. The highest BCUT2D eigenvalue weighted by molar-refractivity contribution is 5.85. The number of carbonyl (C=O) groups is 1. The first-order valence-electron chi connectivity index (χ1n) is 4.37. The van der Waals surface area contributed by atoms with Crippen molar-refractivity contribution in [3.63, 3.8) is 0 Å². The average Bonchev–Trinajstić information content (AvgIpc) is 2.24. The van der Waals surface area contributed by atoms with Crippen LogP contribution in [0.2, 0.25) is 0 Å². The molecule has 0 aliphatic carbocycles. The van der Waals surface area contributed by atoms with E-state index in [1.54, 1.807) is 6.07 Å². The molecule has 6 heteroatoms. The Hall–Kier alpha value is -2.29. The highest BCUT2D eigenvalue weighted by atomic mass is 19.4. The van der Waals surface area contributed by atoms with Crippen LogP contribution < -0.4 is 0 Å². The van der Waals surface area contributed by atoms with E-state index in [0.717, 1.165) is 24.3 Å². The number of rotatable bonds is 2. The summed E-state index contributed by atoms with van der Waals surface area (Å²) in [6, 6.07) is 4.45. The summed E-state index contributed by atoms with van der Waals surface area (Å²) >= 11 is 0. The van der Waals surface area contributed by atoms with Crippen molar-refractivity contribution < 1.29 is 23.1 Å². The van der Waals surface area contributed by atoms with Gasteiger partial charge in [0.05, 0.1) is 17.2 Å². The molecule has 0 atom stereocenters. The number of nitrogens with zero attached hydrogens (tertiary/aromatic N) is 1. The van der Waals surface area contributed by atoms with Gasteiger partial charge in [0.2, 0.25) is 0 Å². The van der Waals surface area contributed by atoms with Gasteiger partial charge in [-0.2, -0.15) is 18.4 Å². The maximum atomic E-state index is 12.5. The van der Waals surface area contributed by atoms with E-state index in [0.29, 0.717) is 6.08 Å². The molecular weight excluding hydrogens is 235 g/mol. The monoisotopic (exact) mass is 241 g/mol. The van der Waals surface area contributed by atoms with Gasteiger partial charge >= 0.3 is 12.1 Å². The predicted molar refractivity (Wildman–Crippen MR) is 52.8 cm³/mol. The van der Waals surface area contributed by atoms with Crippen molar-refractivity contribution in [2.75, 3.05) is 0 Å². The Morgan fingerprint density at radius 3 is 2.53 bits per heavy atom. The van der Waals surface area contributed by atoms with Crippen LogP contribution in [0.1, 0.15) is 16.7 Å². The van der Waals surface area contributed by atoms with Gasteiger partial charge in [-0.25, -0.2) is 4.79 Å². The number of aliphatic carboxylic acids is 1. The van der Waals surface area contributed by atoms with Gasteiger partial charge < -0.3 is 5.11 Å². The third-order valence-electron chi connectivity index (χ3n) is 1.89. The smallest absolute Gasteiger partial charge is 0.416 e. The van der Waals surface area contributed by atoms with Crippen molar-refractivity contribution in [2.24, 2.45) is 0 Å². The first kappa shape index (κ1) is 12.8. The molecule has 88 valence electrons. The standard InChI is InChI=1S/C11H6F3NO2/c12-11(13,14)9-3-1-7(6-15)5-8(9)2-4-10(16)17/h1-5H,(H,16,17)/b4-2+. The molecule has 0 saturated heterocycles. The maximum absolute atomic E-state index is 12.5. The topological polar surface area (TPSA) is 61.1 Å². The van der Waals surface area contributed by atoms with Gasteiger partial charge in [0, 0.05) is 6.08 Å². The Morgan fingerprint density at radius 1 is 1.41 bits per heavy atom.